The summed E-state index contributed by atoms with van der Waals surface area (Å²) < 4.78 is 0. The van der Waals surface area contributed by atoms with Gasteiger partial charge in [-0.15, -0.1) is 0 Å². The van der Waals surface area contributed by atoms with Crippen molar-refractivity contribution in [1.82, 2.24) is 5.32 Å². The molecule has 96 valence electrons. The number of rotatable bonds is 6. The molecule has 0 amide bonds. The predicted octanol–water partition coefficient (Wildman–Crippen LogP) is 3.07. The SMILES string of the molecule is CCNC(CN(C)c1cccc(C)c1)C(C)C. The predicted molar refractivity (Wildman–Crippen MR) is 76.8 cm³/mol. The van der Waals surface area contributed by atoms with E-state index in [4.69, 9.17) is 0 Å². The van der Waals surface area contributed by atoms with Crippen LogP contribution in [-0.2, 0) is 0 Å². The van der Waals surface area contributed by atoms with Crippen molar-refractivity contribution in [2.75, 3.05) is 25.0 Å². The molecular weight excluding hydrogens is 208 g/mol. The summed E-state index contributed by atoms with van der Waals surface area (Å²) in [7, 11) is 2.17. The van der Waals surface area contributed by atoms with Crippen molar-refractivity contribution in [3.8, 4) is 0 Å². The molecule has 0 aromatic heterocycles. The molecule has 1 aromatic rings. The lowest BCUT2D eigenvalue weighted by Gasteiger charge is -2.29. The van der Waals surface area contributed by atoms with Crippen LogP contribution in [0.2, 0.25) is 0 Å². The maximum absolute atomic E-state index is 3.56. The topological polar surface area (TPSA) is 15.3 Å². The lowest BCUT2D eigenvalue weighted by atomic mass is 10.0. The van der Waals surface area contributed by atoms with Crippen LogP contribution >= 0.6 is 0 Å². The molecule has 0 spiro atoms. The third-order valence-corrected chi connectivity index (χ3v) is 3.18. The highest BCUT2D eigenvalue weighted by Gasteiger charge is 2.14. The highest BCUT2D eigenvalue weighted by atomic mass is 15.1. The molecule has 0 heterocycles. The van der Waals surface area contributed by atoms with Crippen LogP contribution in [0.3, 0.4) is 0 Å². The molecule has 2 heteroatoms. The van der Waals surface area contributed by atoms with Gasteiger partial charge in [0.05, 0.1) is 0 Å². The summed E-state index contributed by atoms with van der Waals surface area (Å²) in [6.45, 7) is 10.9. The standard InChI is InChI=1S/C15H26N2/c1-6-16-15(12(2)3)11-17(5)14-9-7-8-13(4)10-14/h7-10,12,15-16H,6,11H2,1-5H3. The van der Waals surface area contributed by atoms with Crippen LogP contribution in [0, 0.1) is 12.8 Å². The van der Waals surface area contributed by atoms with Crippen LogP contribution in [-0.4, -0.2) is 26.2 Å². The van der Waals surface area contributed by atoms with Crippen LogP contribution in [0.15, 0.2) is 24.3 Å². The van der Waals surface area contributed by atoms with Gasteiger partial charge in [0.2, 0.25) is 0 Å². The van der Waals surface area contributed by atoms with Crippen LogP contribution in [0.5, 0.6) is 0 Å². The van der Waals surface area contributed by atoms with Gasteiger partial charge in [-0.1, -0.05) is 32.9 Å². The number of hydrogen-bond donors (Lipinski definition) is 1. The van der Waals surface area contributed by atoms with E-state index < -0.39 is 0 Å². The molecule has 0 radical (unpaired) electrons. The highest BCUT2D eigenvalue weighted by Crippen LogP contribution is 2.15. The van der Waals surface area contributed by atoms with Crippen LogP contribution in [0.1, 0.15) is 26.3 Å². The van der Waals surface area contributed by atoms with Gasteiger partial charge >= 0.3 is 0 Å². The van der Waals surface area contributed by atoms with Gasteiger partial charge in [0.15, 0.2) is 0 Å². The van der Waals surface area contributed by atoms with Gasteiger partial charge < -0.3 is 10.2 Å². The van der Waals surface area contributed by atoms with Gasteiger partial charge in [-0.05, 0) is 37.1 Å². The van der Waals surface area contributed by atoms with E-state index in [9.17, 15) is 0 Å². The van der Waals surface area contributed by atoms with E-state index in [-0.39, 0.29) is 0 Å². The van der Waals surface area contributed by atoms with Gasteiger partial charge in [-0.25, -0.2) is 0 Å². The molecule has 1 aromatic carbocycles. The Balaban J connectivity index is 2.66. The molecule has 2 nitrogen and oxygen atoms in total. The number of nitrogens with zero attached hydrogens (tertiary/aromatic N) is 1. The molecule has 1 rings (SSSR count). The highest BCUT2D eigenvalue weighted by molar-refractivity contribution is 5.47. The Morgan fingerprint density at radius 3 is 2.53 bits per heavy atom. The molecule has 17 heavy (non-hydrogen) atoms. The van der Waals surface area contributed by atoms with E-state index in [1.54, 1.807) is 0 Å². The molecular formula is C15H26N2. The summed E-state index contributed by atoms with van der Waals surface area (Å²) in [5, 5.41) is 3.56. The zero-order valence-electron chi connectivity index (χ0n) is 11.8. The Bertz CT molecular complexity index is 333. The van der Waals surface area contributed by atoms with E-state index in [1.165, 1.54) is 11.3 Å². The number of hydrogen-bond acceptors (Lipinski definition) is 2. The Kier molecular flexibility index (Phi) is 5.49. The maximum atomic E-state index is 3.56. The third-order valence-electron chi connectivity index (χ3n) is 3.18. The quantitative estimate of drug-likeness (QED) is 0.814. The van der Waals surface area contributed by atoms with E-state index in [0.717, 1.165) is 13.1 Å². The summed E-state index contributed by atoms with van der Waals surface area (Å²) in [5.41, 5.74) is 2.62. The van der Waals surface area contributed by atoms with Crippen molar-refractivity contribution < 1.29 is 0 Å². The first kappa shape index (κ1) is 14.0. The molecule has 1 atom stereocenters. The minimum absolute atomic E-state index is 0.547. The fourth-order valence-electron chi connectivity index (χ4n) is 2.04. The first-order valence-corrected chi connectivity index (χ1v) is 6.55. The van der Waals surface area contributed by atoms with E-state index in [1.807, 2.05) is 0 Å². The third kappa shape index (κ3) is 4.39. The average Bonchev–Trinajstić information content (AvgIpc) is 2.28. The molecule has 0 saturated heterocycles. The molecule has 0 fully saturated rings. The number of benzene rings is 1. The second-order valence-electron chi connectivity index (χ2n) is 5.13. The molecule has 1 N–H and O–H groups in total. The first-order valence-electron chi connectivity index (χ1n) is 6.55. The van der Waals surface area contributed by atoms with Gasteiger partial charge in [-0.3, -0.25) is 0 Å². The van der Waals surface area contributed by atoms with Crippen molar-refractivity contribution in [3.05, 3.63) is 29.8 Å². The number of nitrogens with one attached hydrogen (secondary N) is 1. The summed E-state index contributed by atoms with van der Waals surface area (Å²) >= 11 is 0. The number of anilines is 1. The van der Waals surface area contributed by atoms with E-state index in [0.29, 0.717) is 12.0 Å². The summed E-state index contributed by atoms with van der Waals surface area (Å²) in [4.78, 5) is 2.33. The Hall–Kier alpha value is -1.02. The Morgan fingerprint density at radius 1 is 1.29 bits per heavy atom. The second kappa shape index (κ2) is 6.65. The van der Waals surface area contributed by atoms with Crippen molar-refractivity contribution in [2.45, 2.75) is 33.7 Å². The van der Waals surface area contributed by atoms with Gasteiger partial charge in [-0.2, -0.15) is 0 Å². The molecule has 0 saturated carbocycles. The molecule has 1 unspecified atom stereocenters. The van der Waals surface area contributed by atoms with E-state index >= 15 is 0 Å². The smallest absolute Gasteiger partial charge is 0.0366 e. The zero-order chi connectivity index (χ0) is 12.8. The number of likely N-dealkylation sites (N-methyl/N-ethyl adjacent to an activating group) is 2. The lowest BCUT2D eigenvalue weighted by Crippen LogP contribution is -2.43. The zero-order valence-corrected chi connectivity index (χ0v) is 11.8. The van der Waals surface area contributed by atoms with E-state index in [2.05, 4.69) is 69.2 Å². The van der Waals surface area contributed by atoms with Gasteiger partial charge in [0, 0.05) is 25.3 Å². The minimum atomic E-state index is 0.547. The van der Waals surface area contributed by atoms with Crippen LogP contribution < -0.4 is 10.2 Å². The average molecular weight is 234 g/mol. The molecule has 0 aliphatic heterocycles. The minimum Gasteiger partial charge on any atom is -0.373 e. The Labute approximate surface area is 106 Å². The fraction of sp³-hybridized carbons (Fsp3) is 0.600. The fourth-order valence-corrected chi connectivity index (χ4v) is 2.04. The first-order chi connectivity index (χ1) is 8.04. The summed E-state index contributed by atoms with van der Waals surface area (Å²) in [6.07, 6.45) is 0. The Morgan fingerprint density at radius 2 is 2.00 bits per heavy atom. The largest absolute Gasteiger partial charge is 0.373 e. The lowest BCUT2D eigenvalue weighted by molar-refractivity contribution is 0.410. The van der Waals surface area contributed by atoms with Crippen LogP contribution in [0.4, 0.5) is 5.69 Å². The summed E-state index contributed by atoms with van der Waals surface area (Å²) in [5.74, 6) is 0.655. The van der Waals surface area contributed by atoms with Gasteiger partial charge in [0.1, 0.15) is 0 Å². The summed E-state index contributed by atoms with van der Waals surface area (Å²) in [6, 6.07) is 9.23. The van der Waals surface area contributed by atoms with Crippen molar-refractivity contribution in [1.29, 1.82) is 0 Å². The van der Waals surface area contributed by atoms with Crippen molar-refractivity contribution >= 4 is 5.69 Å². The monoisotopic (exact) mass is 234 g/mol. The maximum Gasteiger partial charge on any atom is 0.0366 e. The molecule has 0 aliphatic carbocycles. The molecule has 0 bridgehead atoms. The van der Waals surface area contributed by atoms with Crippen molar-refractivity contribution in [2.24, 2.45) is 5.92 Å². The normalized spacial score (nSPS) is 12.8. The van der Waals surface area contributed by atoms with Crippen LogP contribution in [0.25, 0.3) is 0 Å². The second-order valence-corrected chi connectivity index (χ2v) is 5.13. The van der Waals surface area contributed by atoms with Crippen molar-refractivity contribution in [3.63, 3.8) is 0 Å². The van der Waals surface area contributed by atoms with Gasteiger partial charge in [0.25, 0.3) is 0 Å². The number of aryl methyl sites for hydroxylation is 1. The molecule has 0 aliphatic rings.